The average molecular weight is 212 g/mol. The molecule has 2 nitrogen and oxygen atoms in total. The van der Waals surface area contributed by atoms with Crippen molar-refractivity contribution < 1.29 is 0 Å². The smallest absolute Gasteiger partial charge is 0.0252 e. The zero-order chi connectivity index (χ0) is 11.5. The Morgan fingerprint density at radius 3 is 2.47 bits per heavy atom. The van der Waals surface area contributed by atoms with Crippen molar-refractivity contribution >= 4 is 0 Å². The van der Waals surface area contributed by atoms with Gasteiger partial charge in [0, 0.05) is 24.2 Å². The van der Waals surface area contributed by atoms with Crippen molar-refractivity contribution in [2.75, 3.05) is 13.1 Å². The van der Waals surface area contributed by atoms with Crippen LogP contribution in [0.3, 0.4) is 0 Å². The number of hydrogen-bond acceptors (Lipinski definition) is 2. The van der Waals surface area contributed by atoms with Gasteiger partial charge in [0.1, 0.15) is 0 Å². The van der Waals surface area contributed by atoms with Crippen molar-refractivity contribution in [2.24, 2.45) is 0 Å². The molecule has 1 heterocycles. The van der Waals surface area contributed by atoms with Crippen LogP contribution in [0.15, 0.2) is 0 Å². The first-order valence-electron chi connectivity index (χ1n) is 6.51. The van der Waals surface area contributed by atoms with Crippen molar-refractivity contribution in [3.05, 3.63) is 0 Å². The van der Waals surface area contributed by atoms with E-state index in [-0.39, 0.29) is 5.54 Å². The molecule has 0 radical (unpaired) electrons. The molecule has 0 aromatic carbocycles. The number of rotatable bonds is 3. The van der Waals surface area contributed by atoms with Gasteiger partial charge in [-0.2, -0.15) is 0 Å². The molecule has 1 atom stereocenters. The van der Waals surface area contributed by atoms with E-state index in [1.54, 1.807) is 0 Å². The van der Waals surface area contributed by atoms with E-state index in [4.69, 9.17) is 0 Å². The van der Waals surface area contributed by atoms with Crippen LogP contribution in [0.2, 0.25) is 0 Å². The Bertz CT molecular complexity index is 185. The zero-order valence-electron chi connectivity index (χ0n) is 11.1. The summed E-state index contributed by atoms with van der Waals surface area (Å²) in [4.78, 5) is 2.71. The molecule has 1 aliphatic heterocycles. The van der Waals surface area contributed by atoms with Crippen LogP contribution in [-0.2, 0) is 0 Å². The van der Waals surface area contributed by atoms with Crippen LogP contribution in [0.1, 0.15) is 53.9 Å². The molecule has 1 rings (SSSR count). The van der Waals surface area contributed by atoms with E-state index >= 15 is 0 Å². The van der Waals surface area contributed by atoms with Gasteiger partial charge in [-0.05, 0) is 46.6 Å². The van der Waals surface area contributed by atoms with Crippen LogP contribution in [-0.4, -0.2) is 35.6 Å². The third-order valence-corrected chi connectivity index (χ3v) is 3.72. The second-order valence-electron chi connectivity index (χ2n) is 5.59. The van der Waals surface area contributed by atoms with E-state index in [9.17, 15) is 0 Å². The maximum absolute atomic E-state index is 3.64. The van der Waals surface area contributed by atoms with E-state index in [1.807, 2.05) is 0 Å². The molecular formula is C13H28N2. The van der Waals surface area contributed by atoms with Crippen LogP contribution < -0.4 is 5.32 Å². The molecule has 1 saturated heterocycles. The zero-order valence-corrected chi connectivity index (χ0v) is 11.1. The lowest BCUT2D eigenvalue weighted by molar-refractivity contribution is 0.116. The highest BCUT2D eigenvalue weighted by Gasteiger charge is 2.30. The van der Waals surface area contributed by atoms with Gasteiger partial charge in [-0.25, -0.2) is 0 Å². The minimum atomic E-state index is 0.271. The van der Waals surface area contributed by atoms with Gasteiger partial charge in [-0.3, -0.25) is 4.90 Å². The van der Waals surface area contributed by atoms with Gasteiger partial charge in [0.2, 0.25) is 0 Å². The summed E-state index contributed by atoms with van der Waals surface area (Å²) in [7, 11) is 0. The molecule has 0 aromatic rings. The standard InChI is InChI=1S/C13H28N2/c1-6-12(7-2)15-10-13(4,5)14-9-8-11(15)3/h11-12,14H,6-10H2,1-5H3. The molecule has 0 aliphatic carbocycles. The highest BCUT2D eigenvalue weighted by atomic mass is 15.2. The molecule has 2 heteroatoms. The lowest BCUT2D eigenvalue weighted by atomic mass is 10.0. The first kappa shape index (κ1) is 13.0. The molecule has 0 spiro atoms. The Labute approximate surface area is 95.4 Å². The van der Waals surface area contributed by atoms with Crippen LogP contribution in [0.25, 0.3) is 0 Å². The maximum atomic E-state index is 3.64. The summed E-state index contributed by atoms with van der Waals surface area (Å²) in [6, 6.07) is 1.49. The number of hydrogen-bond donors (Lipinski definition) is 1. The third-order valence-electron chi connectivity index (χ3n) is 3.72. The molecule has 0 amide bonds. The lowest BCUT2D eigenvalue weighted by Crippen LogP contribution is -2.50. The van der Waals surface area contributed by atoms with Crippen LogP contribution in [0.5, 0.6) is 0 Å². The molecular weight excluding hydrogens is 184 g/mol. The Balaban J connectivity index is 2.72. The molecule has 1 fully saturated rings. The summed E-state index contributed by atoms with van der Waals surface area (Å²) in [5, 5.41) is 3.64. The topological polar surface area (TPSA) is 15.3 Å². The second-order valence-corrected chi connectivity index (χ2v) is 5.59. The summed E-state index contributed by atoms with van der Waals surface area (Å²) in [5.74, 6) is 0. The summed E-state index contributed by atoms with van der Waals surface area (Å²) in [6.07, 6.45) is 3.83. The molecule has 1 unspecified atom stereocenters. The molecule has 0 aromatic heterocycles. The van der Waals surface area contributed by atoms with Gasteiger partial charge < -0.3 is 5.32 Å². The summed E-state index contributed by atoms with van der Waals surface area (Å²) in [5.41, 5.74) is 0.271. The predicted molar refractivity (Wildman–Crippen MR) is 67.2 cm³/mol. The summed E-state index contributed by atoms with van der Waals surface area (Å²) in [6.45, 7) is 14.0. The normalized spacial score (nSPS) is 28.0. The van der Waals surface area contributed by atoms with Gasteiger partial charge in [0.05, 0.1) is 0 Å². The van der Waals surface area contributed by atoms with Crippen molar-refractivity contribution in [2.45, 2.75) is 71.5 Å². The molecule has 90 valence electrons. The van der Waals surface area contributed by atoms with Crippen LogP contribution in [0.4, 0.5) is 0 Å². The van der Waals surface area contributed by atoms with Gasteiger partial charge in [0.15, 0.2) is 0 Å². The van der Waals surface area contributed by atoms with Gasteiger partial charge in [0.25, 0.3) is 0 Å². The second kappa shape index (κ2) is 5.31. The first-order chi connectivity index (χ1) is 7.00. The third kappa shape index (κ3) is 3.46. The van der Waals surface area contributed by atoms with Crippen molar-refractivity contribution in [3.8, 4) is 0 Å². The SMILES string of the molecule is CCC(CC)N1CC(C)(C)NCCC1C. The van der Waals surface area contributed by atoms with Crippen LogP contribution >= 0.6 is 0 Å². The van der Waals surface area contributed by atoms with Crippen molar-refractivity contribution in [3.63, 3.8) is 0 Å². The Morgan fingerprint density at radius 1 is 1.33 bits per heavy atom. The highest BCUT2D eigenvalue weighted by molar-refractivity contribution is 4.90. The quantitative estimate of drug-likeness (QED) is 0.773. The maximum Gasteiger partial charge on any atom is 0.0252 e. The minimum absolute atomic E-state index is 0.271. The van der Waals surface area contributed by atoms with Crippen molar-refractivity contribution in [1.29, 1.82) is 0 Å². The molecule has 0 bridgehead atoms. The van der Waals surface area contributed by atoms with E-state index in [2.05, 4.69) is 44.8 Å². The van der Waals surface area contributed by atoms with Crippen molar-refractivity contribution in [1.82, 2.24) is 10.2 Å². The number of nitrogens with zero attached hydrogens (tertiary/aromatic N) is 1. The molecule has 15 heavy (non-hydrogen) atoms. The fraction of sp³-hybridized carbons (Fsp3) is 1.00. The van der Waals surface area contributed by atoms with Gasteiger partial charge in [-0.15, -0.1) is 0 Å². The predicted octanol–water partition coefficient (Wildman–Crippen LogP) is 2.64. The minimum Gasteiger partial charge on any atom is -0.310 e. The molecule has 0 saturated carbocycles. The Kier molecular flexibility index (Phi) is 4.60. The van der Waals surface area contributed by atoms with E-state index < -0.39 is 0 Å². The number of nitrogens with one attached hydrogen (secondary N) is 1. The van der Waals surface area contributed by atoms with Gasteiger partial charge >= 0.3 is 0 Å². The molecule has 1 aliphatic rings. The van der Waals surface area contributed by atoms with E-state index in [0.29, 0.717) is 0 Å². The Hall–Kier alpha value is -0.0800. The average Bonchev–Trinajstić information content (AvgIpc) is 2.28. The summed E-state index contributed by atoms with van der Waals surface area (Å²) >= 11 is 0. The largest absolute Gasteiger partial charge is 0.310 e. The monoisotopic (exact) mass is 212 g/mol. The first-order valence-corrected chi connectivity index (χ1v) is 6.51. The lowest BCUT2D eigenvalue weighted by Gasteiger charge is -2.38. The van der Waals surface area contributed by atoms with E-state index in [1.165, 1.54) is 25.8 Å². The van der Waals surface area contributed by atoms with Crippen LogP contribution in [0, 0.1) is 0 Å². The van der Waals surface area contributed by atoms with E-state index in [0.717, 1.165) is 18.6 Å². The molecule has 1 N–H and O–H groups in total. The summed E-state index contributed by atoms with van der Waals surface area (Å²) < 4.78 is 0. The fourth-order valence-electron chi connectivity index (χ4n) is 2.70. The fourth-order valence-corrected chi connectivity index (χ4v) is 2.70. The van der Waals surface area contributed by atoms with Gasteiger partial charge in [-0.1, -0.05) is 13.8 Å². The highest BCUT2D eigenvalue weighted by Crippen LogP contribution is 2.21. The Morgan fingerprint density at radius 2 is 1.93 bits per heavy atom.